The van der Waals surface area contributed by atoms with Gasteiger partial charge in [-0.1, -0.05) is 42.1 Å². The molecule has 3 aromatic carbocycles. The van der Waals surface area contributed by atoms with Crippen LogP contribution in [0.25, 0.3) is 5.69 Å². The Bertz CT molecular complexity index is 1930. The van der Waals surface area contributed by atoms with Crippen LogP contribution < -0.4 is 5.32 Å². The number of nitro groups is 1. The largest absolute Gasteiger partial charge is 0.345 e. The molecule has 6 rings (SSSR count). The van der Waals surface area contributed by atoms with Gasteiger partial charge in [0.05, 0.1) is 33.9 Å². The number of non-ortho nitro benzene ring substituents is 1. The quantitative estimate of drug-likeness (QED) is 0.109. The Morgan fingerprint density at radius 3 is 2.54 bits per heavy atom. The molecule has 2 amide bonds. The van der Waals surface area contributed by atoms with E-state index in [1.54, 1.807) is 28.0 Å². The average Bonchev–Trinajstić information content (AvgIpc) is 3.83. The van der Waals surface area contributed by atoms with E-state index in [2.05, 4.69) is 20.6 Å². The lowest BCUT2D eigenvalue weighted by atomic mass is 10.0. The summed E-state index contributed by atoms with van der Waals surface area (Å²) in [5.74, 6) is -0.613. The zero-order valence-electron chi connectivity index (χ0n) is 24.4. The minimum atomic E-state index is -0.530. The summed E-state index contributed by atoms with van der Waals surface area (Å²) in [4.78, 5) is 37.9. The van der Waals surface area contributed by atoms with Gasteiger partial charge in [-0.2, -0.15) is 5.10 Å². The van der Waals surface area contributed by atoms with Crippen LogP contribution in [0.3, 0.4) is 0 Å². The topological polar surface area (TPSA) is 136 Å². The monoisotopic (exact) mass is 655 g/mol. The number of nitrogens with one attached hydrogen (secondary N) is 1. The highest BCUT2D eigenvalue weighted by Crippen LogP contribution is 2.35. The van der Waals surface area contributed by atoms with Gasteiger partial charge in [-0.25, -0.2) is 9.40 Å². The highest BCUT2D eigenvalue weighted by molar-refractivity contribution is 7.99. The van der Waals surface area contributed by atoms with E-state index in [1.165, 1.54) is 53.2 Å². The molecule has 0 radical (unpaired) electrons. The molecule has 1 aliphatic heterocycles. The number of hydrazone groups is 1. The summed E-state index contributed by atoms with van der Waals surface area (Å²) in [6.07, 6.45) is 0.501. The number of carbonyl (C=O) groups excluding carboxylic acids is 2. The van der Waals surface area contributed by atoms with Gasteiger partial charge >= 0.3 is 0 Å². The lowest BCUT2D eigenvalue weighted by Crippen LogP contribution is -2.28. The molecule has 0 aliphatic carbocycles. The Morgan fingerprint density at radius 1 is 1.07 bits per heavy atom. The Kier molecular flexibility index (Phi) is 8.99. The van der Waals surface area contributed by atoms with Gasteiger partial charge in [-0.3, -0.25) is 24.3 Å². The number of thioether (sulfide) groups is 1. The number of rotatable bonds is 10. The molecule has 2 aromatic heterocycles. The number of hydrogen-bond acceptors (Lipinski definition) is 9. The van der Waals surface area contributed by atoms with Crippen molar-refractivity contribution >= 4 is 46.3 Å². The molecular formula is C32H26FN7O4S2. The first kappa shape index (κ1) is 30.8. The molecule has 11 nitrogen and oxygen atoms in total. The maximum absolute atomic E-state index is 13.7. The third-order valence-corrected chi connectivity index (χ3v) is 9.09. The van der Waals surface area contributed by atoms with Crippen molar-refractivity contribution in [3.8, 4) is 5.69 Å². The fraction of sp³-hybridized carbons (Fsp3) is 0.156. The van der Waals surface area contributed by atoms with E-state index in [0.29, 0.717) is 17.4 Å². The second-order valence-electron chi connectivity index (χ2n) is 10.4. The van der Waals surface area contributed by atoms with Gasteiger partial charge in [0.25, 0.3) is 17.5 Å². The number of carbonyl (C=O) groups is 2. The molecule has 1 atom stereocenters. The van der Waals surface area contributed by atoms with Crippen LogP contribution in [0.2, 0.25) is 0 Å². The number of benzene rings is 3. The number of thiophene rings is 1. The summed E-state index contributed by atoms with van der Waals surface area (Å²) in [5, 5.41) is 31.0. The van der Waals surface area contributed by atoms with Crippen LogP contribution in [0.4, 0.5) is 10.1 Å². The van der Waals surface area contributed by atoms with E-state index in [4.69, 9.17) is 0 Å². The van der Waals surface area contributed by atoms with Crippen molar-refractivity contribution in [2.75, 3.05) is 5.75 Å². The molecule has 3 heterocycles. The zero-order chi connectivity index (χ0) is 32.2. The molecule has 1 aliphatic rings. The summed E-state index contributed by atoms with van der Waals surface area (Å²) in [6.45, 7) is 1.96. The summed E-state index contributed by atoms with van der Waals surface area (Å²) in [6, 6.07) is 22.6. The number of amides is 2. The molecule has 0 unspecified atom stereocenters. The molecule has 46 heavy (non-hydrogen) atoms. The first-order chi connectivity index (χ1) is 22.3. The lowest BCUT2D eigenvalue weighted by molar-refractivity contribution is -0.384. The molecule has 1 N–H and O–H groups in total. The minimum absolute atomic E-state index is 0.00197. The first-order valence-corrected chi connectivity index (χ1v) is 16.0. The average molecular weight is 656 g/mol. The number of halogens is 1. The molecule has 0 saturated heterocycles. The van der Waals surface area contributed by atoms with E-state index in [9.17, 15) is 24.1 Å². The molecule has 14 heteroatoms. The minimum Gasteiger partial charge on any atom is -0.345 e. The highest BCUT2D eigenvalue weighted by atomic mass is 32.2. The van der Waals surface area contributed by atoms with Crippen LogP contribution >= 0.6 is 23.1 Å². The lowest BCUT2D eigenvalue weighted by Gasteiger charge is -2.22. The Labute approximate surface area is 270 Å². The van der Waals surface area contributed by atoms with Crippen molar-refractivity contribution in [3.63, 3.8) is 0 Å². The summed E-state index contributed by atoms with van der Waals surface area (Å²) in [7, 11) is 0. The summed E-state index contributed by atoms with van der Waals surface area (Å²) in [5.41, 5.74) is 3.46. The smallest absolute Gasteiger partial charge is 0.269 e. The van der Waals surface area contributed by atoms with Crippen molar-refractivity contribution in [1.82, 2.24) is 25.1 Å². The van der Waals surface area contributed by atoms with Crippen LogP contribution in [0.15, 0.2) is 101 Å². The molecule has 0 spiro atoms. The Balaban J connectivity index is 1.22. The molecule has 0 bridgehead atoms. The van der Waals surface area contributed by atoms with Gasteiger partial charge in [-0.15, -0.1) is 21.5 Å². The normalized spacial score (nSPS) is 14.3. The number of hydrogen-bond donors (Lipinski definition) is 1. The SMILES string of the molecule is Cc1cccc(-n2c(CNC(=O)c3ccc([N+](=O)[O-])cc3)nnc2SCC(=O)N2N=C(c3cccs3)C[C@H]2c2ccc(F)cc2)c1. The predicted octanol–water partition coefficient (Wildman–Crippen LogP) is 6.08. The first-order valence-electron chi connectivity index (χ1n) is 14.1. The van der Waals surface area contributed by atoms with Gasteiger partial charge in [0.15, 0.2) is 11.0 Å². The van der Waals surface area contributed by atoms with E-state index < -0.39 is 10.8 Å². The van der Waals surface area contributed by atoms with Crippen molar-refractivity contribution in [2.45, 2.75) is 31.1 Å². The molecule has 0 saturated carbocycles. The summed E-state index contributed by atoms with van der Waals surface area (Å²) < 4.78 is 15.5. The second kappa shape index (κ2) is 13.4. The molecule has 5 aromatic rings. The third-order valence-electron chi connectivity index (χ3n) is 7.26. The highest BCUT2D eigenvalue weighted by Gasteiger charge is 2.33. The summed E-state index contributed by atoms with van der Waals surface area (Å²) >= 11 is 2.73. The fourth-order valence-corrected chi connectivity index (χ4v) is 6.54. The van der Waals surface area contributed by atoms with Gasteiger partial charge < -0.3 is 5.32 Å². The zero-order valence-corrected chi connectivity index (χ0v) is 26.0. The van der Waals surface area contributed by atoms with E-state index >= 15 is 0 Å². The van der Waals surface area contributed by atoms with Crippen LogP contribution in [0, 0.1) is 22.9 Å². The van der Waals surface area contributed by atoms with Crippen LogP contribution in [0.5, 0.6) is 0 Å². The number of aromatic nitrogens is 3. The van der Waals surface area contributed by atoms with E-state index in [-0.39, 0.29) is 41.3 Å². The number of nitro benzene ring substituents is 1. The Hall–Kier alpha value is -5.21. The van der Waals surface area contributed by atoms with Gasteiger partial charge in [0, 0.05) is 29.8 Å². The predicted molar refractivity (Wildman–Crippen MR) is 173 cm³/mol. The molecule has 232 valence electrons. The maximum Gasteiger partial charge on any atom is 0.269 e. The van der Waals surface area contributed by atoms with Crippen molar-refractivity contribution in [3.05, 3.63) is 134 Å². The van der Waals surface area contributed by atoms with Crippen LogP contribution in [-0.2, 0) is 11.3 Å². The maximum atomic E-state index is 13.7. The third kappa shape index (κ3) is 6.72. The number of nitrogens with zero attached hydrogens (tertiary/aromatic N) is 6. The molecule has 0 fully saturated rings. The van der Waals surface area contributed by atoms with E-state index in [1.807, 2.05) is 48.7 Å². The molecular weight excluding hydrogens is 630 g/mol. The van der Waals surface area contributed by atoms with Crippen molar-refractivity contribution < 1.29 is 18.9 Å². The van der Waals surface area contributed by atoms with Crippen LogP contribution in [-0.4, -0.2) is 48.0 Å². The van der Waals surface area contributed by atoms with Crippen molar-refractivity contribution in [1.29, 1.82) is 0 Å². The fourth-order valence-electron chi connectivity index (χ4n) is 5.00. The van der Waals surface area contributed by atoms with E-state index in [0.717, 1.165) is 27.4 Å². The van der Waals surface area contributed by atoms with Crippen LogP contribution in [0.1, 0.15) is 44.6 Å². The van der Waals surface area contributed by atoms with Gasteiger partial charge in [-0.05, 0) is 65.9 Å². The second-order valence-corrected chi connectivity index (χ2v) is 12.3. The Morgan fingerprint density at radius 2 is 1.85 bits per heavy atom. The number of aryl methyl sites for hydroxylation is 1. The van der Waals surface area contributed by atoms with Gasteiger partial charge in [0.2, 0.25) is 0 Å². The van der Waals surface area contributed by atoms with Crippen molar-refractivity contribution in [2.24, 2.45) is 5.10 Å². The standard InChI is InChI=1S/C32H26FN7O4S2/c1-20-4-2-5-25(16-20)38-29(18-34-31(42)22-9-13-24(14-10-22)40(43)44)35-36-32(38)46-19-30(41)39-27(21-7-11-23(33)12-8-21)17-26(37-39)28-6-3-15-45-28/h2-16,27H,17-19H2,1H3,(H,34,42)/t27-/m0/s1. The van der Waals surface area contributed by atoms with Gasteiger partial charge in [0.1, 0.15) is 5.82 Å².